The van der Waals surface area contributed by atoms with Gasteiger partial charge in [-0.1, -0.05) is 18.9 Å². The zero-order chi connectivity index (χ0) is 13.7. The molecule has 1 aliphatic rings. The van der Waals surface area contributed by atoms with Crippen molar-refractivity contribution in [3.8, 4) is 0 Å². The maximum absolute atomic E-state index is 12.1. The van der Waals surface area contributed by atoms with Gasteiger partial charge in [-0.3, -0.25) is 14.6 Å². The predicted molar refractivity (Wildman–Crippen MR) is 69.2 cm³/mol. The Labute approximate surface area is 112 Å². The number of carbonyl (C=O) groups excluding carboxylic acids is 1. The summed E-state index contributed by atoms with van der Waals surface area (Å²) in [4.78, 5) is 27.2. The number of amides is 1. The average Bonchev–Trinajstić information content (AvgIpc) is 2.46. The van der Waals surface area contributed by atoms with E-state index in [-0.39, 0.29) is 5.91 Å². The molecular formula is C14H18N2O3. The van der Waals surface area contributed by atoms with Crippen molar-refractivity contribution >= 4 is 11.9 Å². The second kappa shape index (κ2) is 6.31. The summed E-state index contributed by atoms with van der Waals surface area (Å²) in [5, 5.41) is 12.0. The zero-order valence-electron chi connectivity index (χ0n) is 10.7. The van der Waals surface area contributed by atoms with Crippen LogP contribution in [0.15, 0.2) is 24.5 Å². The first kappa shape index (κ1) is 13.5. The maximum Gasteiger partial charge on any atom is 0.307 e. The highest BCUT2D eigenvalue weighted by molar-refractivity contribution is 5.84. The topological polar surface area (TPSA) is 79.3 Å². The Balaban J connectivity index is 1.93. The van der Waals surface area contributed by atoms with Crippen molar-refractivity contribution in [3.05, 3.63) is 30.1 Å². The number of pyridine rings is 1. The minimum atomic E-state index is -0.860. The highest BCUT2D eigenvalue weighted by atomic mass is 16.4. The highest BCUT2D eigenvalue weighted by Crippen LogP contribution is 2.30. The first-order chi connectivity index (χ1) is 9.18. The van der Waals surface area contributed by atoms with E-state index in [2.05, 4.69) is 10.3 Å². The monoisotopic (exact) mass is 262 g/mol. The van der Waals surface area contributed by atoms with Gasteiger partial charge in [-0.05, 0) is 24.5 Å². The molecule has 0 aromatic carbocycles. The predicted octanol–water partition coefficient (Wildman–Crippen LogP) is 1.59. The molecule has 5 nitrogen and oxygen atoms in total. The van der Waals surface area contributed by atoms with E-state index < -0.39 is 17.8 Å². The van der Waals surface area contributed by atoms with Gasteiger partial charge in [0, 0.05) is 18.9 Å². The van der Waals surface area contributed by atoms with E-state index in [1.165, 1.54) is 0 Å². The summed E-state index contributed by atoms with van der Waals surface area (Å²) in [5.74, 6) is -1.96. The third-order valence-corrected chi connectivity index (χ3v) is 3.61. The van der Waals surface area contributed by atoms with Gasteiger partial charge in [-0.25, -0.2) is 0 Å². The van der Waals surface area contributed by atoms with Gasteiger partial charge >= 0.3 is 5.97 Å². The van der Waals surface area contributed by atoms with E-state index in [4.69, 9.17) is 5.11 Å². The fourth-order valence-corrected chi connectivity index (χ4v) is 2.56. The molecule has 0 saturated heterocycles. The summed E-state index contributed by atoms with van der Waals surface area (Å²) in [6.45, 7) is 0.398. The first-order valence-electron chi connectivity index (χ1n) is 6.58. The van der Waals surface area contributed by atoms with E-state index in [9.17, 15) is 9.59 Å². The van der Waals surface area contributed by atoms with E-state index >= 15 is 0 Å². The zero-order valence-corrected chi connectivity index (χ0v) is 10.7. The van der Waals surface area contributed by atoms with Crippen LogP contribution in [0.2, 0.25) is 0 Å². The minimum absolute atomic E-state index is 0.157. The van der Waals surface area contributed by atoms with Crippen molar-refractivity contribution in [2.75, 3.05) is 0 Å². The number of aromatic nitrogens is 1. The van der Waals surface area contributed by atoms with Crippen molar-refractivity contribution in [2.45, 2.75) is 32.2 Å². The van der Waals surface area contributed by atoms with Crippen molar-refractivity contribution in [3.63, 3.8) is 0 Å². The lowest BCUT2D eigenvalue weighted by Gasteiger charge is -2.27. The van der Waals surface area contributed by atoms with Gasteiger partial charge in [0.2, 0.25) is 5.91 Å². The molecule has 1 aromatic rings. The smallest absolute Gasteiger partial charge is 0.307 e. The number of aliphatic carboxylic acids is 1. The summed E-state index contributed by atoms with van der Waals surface area (Å²) in [5.41, 5.74) is 0.915. The lowest BCUT2D eigenvalue weighted by molar-refractivity contribution is -0.148. The molecule has 1 amide bonds. The lowest BCUT2D eigenvalue weighted by atomic mass is 9.78. The molecule has 0 radical (unpaired) electrons. The molecule has 0 spiro atoms. The molecule has 5 heteroatoms. The summed E-state index contributed by atoms with van der Waals surface area (Å²) in [6.07, 6.45) is 6.44. The number of carboxylic acids is 1. The molecular weight excluding hydrogens is 244 g/mol. The van der Waals surface area contributed by atoms with Gasteiger partial charge in [0.25, 0.3) is 0 Å². The first-order valence-corrected chi connectivity index (χ1v) is 6.58. The molecule has 1 aliphatic carbocycles. The molecule has 2 N–H and O–H groups in total. The summed E-state index contributed by atoms with van der Waals surface area (Å²) in [6, 6.07) is 3.69. The van der Waals surface area contributed by atoms with Gasteiger partial charge < -0.3 is 10.4 Å². The molecule has 19 heavy (non-hydrogen) atoms. The van der Waals surface area contributed by atoms with Crippen LogP contribution in [0.1, 0.15) is 31.2 Å². The lowest BCUT2D eigenvalue weighted by Crippen LogP contribution is -2.39. The summed E-state index contributed by atoms with van der Waals surface area (Å²) >= 11 is 0. The fraction of sp³-hybridized carbons (Fsp3) is 0.500. The van der Waals surface area contributed by atoms with Gasteiger partial charge in [0.15, 0.2) is 0 Å². The molecule has 1 fully saturated rings. The van der Waals surface area contributed by atoms with Crippen LogP contribution in [0, 0.1) is 11.8 Å². The number of nitrogens with zero attached hydrogens (tertiary/aromatic N) is 1. The van der Waals surface area contributed by atoms with E-state index in [1.54, 1.807) is 12.4 Å². The Bertz CT molecular complexity index is 447. The van der Waals surface area contributed by atoms with Crippen LogP contribution in [-0.4, -0.2) is 22.0 Å². The fourth-order valence-electron chi connectivity index (χ4n) is 2.56. The number of hydrogen-bond donors (Lipinski definition) is 2. The molecule has 0 bridgehead atoms. The van der Waals surface area contributed by atoms with E-state index in [0.29, 0.717) is 19.4 Å². The third kappa shape index (κ3) is 3.53. The van der Waals surface area contributed by atoms with Crippen molar-refractivity contribution < 1.29 is 14.7 Å². The molecule has 1 aromatic heterocycles. The highest BCUT2D eigenvalue weighted by Gasteiger charge is 2.35. The molecule has 2 rings (SSSR count). The summed E-state index contributed by atoms with van der Waals surface area (Å²) < 4.78 is 0. The Morgan fingerprint density at radius 2 is 2.05 bits per heavy atom. The molecule has 102 valence electrons. The second-order valence-electron chi connectivity index (χ2n) is 4.91. The summed E-state index contributed by atoms with van der Waals surface area (Å²) in [7, 11) is 0. The largest absolute Gasteiger partial charge is 0.481 e. The SMILES string of the molecule is O=C(O)[C@@H]1CCCC[C@H]1C(=O)NCc1cccnc1. The van der Waals surface area contributed by atoms with Crippen LogP contribution in [0.3, 0.4) is 0 Å². The Kier molecular flexibility index (Phi) is 4.49. The van der Waals surface area contributed by atoms with Crippen molar-refractivity contribution in [2.24, 2.45) is 11.8 Å². The van der Waals surface area contributed by atoms with E-state index in [1.807, 2.05) is 12.1 Å². The van der Waals surface area contributed by atoms with Crippen molar-refractivity contribution in [1.29, 1.82) is 0 Å². The average molecular weight is 262 g/mol. The molecule has 1 saturated carbocycles. The molecule has 0 unspecified atom stereocenters. The van der Waals surface area contributed by atoms with Gasteiger partial charge in [0.1, 0.15) is 0 Å². The molecule has 1 heterocycles. The molecule has 0 aliphatic heterocycles. The van der Waals surface area contributed by atoms with E-state index in [0.717, 1.165) is 18.4 Å². The second-order valence-corrected chi connectivity index (χ2v) is 4.91. The number of hydrogen-bond acceptors (Lipinski definition) is 3. The Morgan fingerprint density at radius 3 is 2.68 bits per heavy atom. The number of carboxylic acid groups (broad SMARTS) is 1. The van der Waals surface area contributed by atoms with Crippen LogP contribution in [-0.2, 0) is 16.1 Å². The number of nitrogens with one attached hydrogen (secondary N) is 1. The number of rotatable bonds is 4. The normalized spacial score (nSPS) is 22.7. The van der Waals surface area contributed by atoms with Crippen LogP contribution in [0.25, 0.3) is 0 Å². The standard InChI is InChI=1S/C14H18N2O3/c17-13(16-9-10-4-3-7-15-8-10)11-5-1-2-6-12(11)14(18)19/h3-4,7-8,11-12H,1-2,5-6,9H2,(H,16,17)(H,18,19)/t11-,12-/m1/s1. The number of carbonyl (C=O) groups is 2. The van der Waals surface area contributed by atoms with Crippen LogP contribution in [0.4, 0.5) is 0 Å². The third-order valence-electron chi connectivity index (χ3n) is 3.61. The minimum Gasteiger partial charge on any atom is -0.481 e. The van der Waals surface area contributed by atoms with Crippen LogP contribution >= 0.6 is 0 Å². The van der Waals surface area contributed by atoms with Gasteiger partial charge in [-0.15, -0.1) is 0 Å². The quantitative estimate of drug-likeness (QED) is 0.863. The van der Waals surface area contributed by atoms with Crippen LogP contribution < -0.4 is 5.32 Å². The Hall–Kier alpha value is -1.91. The van der Waals surface area contributed by atoms with Gasteiger partial charge in [-0.2, -0.15) is 0 Å². The van der Waals surface area contributed by atoms with Crippen LogP contribution in [0.5, 0.6) is 0 Å². The molecule has 2 atom stereocenters. The maximum atomic E-state index is 12.1. The van der Waals surface area contributed by atoms with Gasteiger partial charge in [0.05, 0.1) is 11.8 Å². The van der Waals surface area contributed by atoms with Crippen molar-refractivity contribution in [1.82, 2.24) is 10.3 Å². The Morgan fingerprint density at radius 1 is 1.32 bits per heavy atom.